The van der Waals surface area contributed by atoms with E-state index in [1.807, 2.05) is 0 Å². The molecule has 2 aromatic heterocycles. The van der Waals surface area contributed by atoms with Gasteiger partial charge in [0.1, 0.15) is 0 Å². The lowest BCUT2D eigenvalue weighted by Gasteiger charge is -2.00. The molecule has 0 unspecified atom stereocenters. The molecule has 72 valence electrons. The van der Waals surface area contributed by atoms with Crippen molar-refractivity contribution in [2.24, 2.45) is 0 Å². The summed E-state index contributed by atoms with van der Waals surface area (Å²) in [6.45, 7) is 0. The Morgan fingerprint density at radius 3 is 3.07 bits per heavy atom. The Bertz CT molecular complexity index is 538. The first kappa shape index (κ1) is 8.55. The number of carbonyl (C=O) groups is 1. The highest BCUT2D eigenvalue weighted by Gasteiger charge is 2.10. The number of rotatable bonds is 1. The number of pyridine rings is 1. The molecule has 0 aliphatic heterocycles. The van der Waals surface area contributed by atoms with Crippen LogP contribution in [-0.4, -0.2) is 22.5 Å². The van der Waals surface area contributed by atoms with Crippen molar-refractivity contribution >= 4 is 11.5 Å². The van der Waals surface area contributed by atoms with E-state index in [0.29, 0.717) is 11.1 Å². The number of imidazole rings is 1. The first-order valence-corrected chi connectivity index (χ1v) is 4.01. The molecule has 0 saturated carbocycles. The molecule has 0 radical (unpaired) electrons. The normalized spacial score (nSPS) is 10.4. The molecule has 14 heavy (non-hydrogen) atoms. The van der Waals surface area contributed by atoms with E-state index in [4.69, 9.17) is 0 Å². The number of hydrogen-bond acceptors (Lipinski definition) is 3. The van der Waals surface area contributed by atoms with E-state index < -0.39 is 5.97 Å². The van der Waals surface area contributed by atoms with Gasteiger partial charge in [-0.05, 0) is 12.1 Å². The molecule has 0 atom stereocenters. The highest BCUT2D eigenvalue weighted by atomic mass is 16.5. The largest absolute Gasteiger partial charge is 0.465 e. The first-order valence-electron chi connectivity index (χ1n) is 4.01. The van der Waals surface area contributed by atoms with Crippen LogP contribution in [0.1, 0.15) is 10.4 Å². The van der Waals surface area contributed by atoms with Crippen LogP contribution in [0, 0.1) is 0 Å². The fraction of sp³-hybridized carbons (Fsp3) is 0.111. The Hall–Kier alpha value is -2.04. The summed E-state index contributed by atoms with van der Waals surface area (Å²) < 4.78 is 5.94. The zero-order valence-electron chi connectivity index (χ0n) is 7.48. The van der Waals surface area contributed by atoms with E-state index in [9.17, 15) is 9.59 Å². The standard InChI is InChI=1S/C9H8N2O3/c1-14-8(12)6-3-2-4-11-7(6)5-10-9(11)13/h2-5H,1H3,(H,10,13). The summed E-state index contributed by atoms with van der Waals surface area (Å²) >= 11 is 0. The average molecular weight is 192 g/mol. The van der Waals surface area contributed by atoms with Crippen molar-refractivity contribution in [2.75, 3.05) is 7.11 Å². The predicted octanol–water partition coefficient (Wildman–Crippen LogP) is 0.414. The number of aromatic nitrogens is 2. The molecule has 2 heterocycles. The van der Waals surface area contributed by atoms with Crippen LogP contribution < -0.4 is 5.69 Å². The van der Waals surface area contributed by atoms with Crippen LogP contribution in [-0.2, 0) is 4.74 Å². The Morgan fingerprint density at radius 1 is 1.57 bits per heavy atom. The molecule has 0 bridgehead atoms. The van der Waals surface area contributed by atoms with Crippen molar-refractivity contribution in [2.45, 2.75) is 0 Å². The Morgan fingerprint density at radius 2 is 2.36 bits per heavy atom. The molecule has 2 aromatic rings. The number of fused-ring (bicyclic) bond motifs is 1. The van der Waals surface area contributed by atoms with Crippen molar-refractivity contribution in [3.05, 3.63) is 40.6 Å². The van der Waals surface area contributed by atoms with Crippen molar-refractivity contribution in [1.82, 2.24) is 9.38 Å². The molecular weight excluding hydrogens is 184 g/mol. The third kappa shape index (κ3) is 1.10. The molecule has 2 rings (SSSR count). The van der Waals surface area contributed by atoms with Crippen LogP contribution in [0.4, 0.5) is 0 Å². The lowest BCUT2D eigenvalue weighted by Crippen LogP contribution is -2.10. The van der Waals surface area contributed by atoms with Gasteiger partial charge in [0.2, 0.25) is 0 Å². The molecular formula is C9H8N2O3. The molecule has 0 amide bonds. The maximum absolute atomic E-state index is 11.3. The van der Waals surface area contributed by atoms with Crippen LogP contribution in [0.3, 0.4) is 0 Å². The molecule has 0 aromatic carbocycles. The van der Waals surface area contributed by atoms with Gasteiger partial charge >= 0.3 is 11.7 Å². The summed E-state index contributed by atoms with van der Waals surface area (Å²) in [6.07, 6.45) is 3.06. The van der Waals surface area contributed by atoms with E-state index in [0.717, 1.165) is 0 Å². The minimum Gasteiger partial charge on any atom is -0.465 e. The van der Waals surface area contributed by atoms with Gasteiger partial charge in [-0.25, -0.2) is 9.59 Å². The lowest BCUT2D eigenvalue weighted by molar-refractivity contribution is 0.0602. The van der Waals surface area contributed by atoms with Crippen LogP contribution in [0.5, 0.6) is 0 Å². The number of H-pyrrole nitrogens is 1. The maximum atomic E-state index is 11.3. The van der Waals surface area contributed by atoms with E-state index in [1.165, 1.54) is 17.7 Å². The number of hydrogen-bond donors (Lipinski definition) is 1. The number of esters is 1. The minimum atomic E-state index is -0.456. The van der Waals surface area contributed by atoms with E-state index in [1.54, 1.807) is 18.3 Å². The fourth-order valence-corrected chi connectivity index (χ4v) is 1.33. The predicted molar refractivity (Wildman–Crippen MR) is 49.4 cm³/mol. The van der Waals surface area contributed by atoms with Crippen molar-refractivity contribution in [1.29, 1.82) is 0 Å². The summed E-state index contributed by atoms with van der Waals surface area (Å²) in [4.78, 5) is 25.0. The fourth-order valence-electron chi connectivity index (χ4n) is 1.33. The van der Waals surface area contributed by atoms with Crippen molar-refractivity contribution in [3.8, 4) is 0 Å². The minimum absolute atomic E-state index is 0.272. The summed E-state index contributed by atoms with van der Waals surface area (Å²) in [5.41, 5.74) is 0.614. The van der Waals surface area contributed by atoms with E-state index in [2.05, 4.69) is 9.72 Å². The van der Waals surface area contributed by atoms with Gasteiger partial charge in [-0.15, -0.1) is 0 Å². The average Bonchev–Trinajstić information content (AvgIpc) is 2.59. The number of carbonyl (C=O) groups excluding carboxylic acids is 1. The van der Waals surface area contributed by atoms with Crippen molar-refractivity contribution in [3.63, 3.8) is 0 Å². The second-order valence-electron chi connectivity index (χ2n) is 2.76. The maximum Gasteiger partial charge on any atom is 0.340 e. The summed E-state index contributed by atoms with van der Waals surface area (Å²) in [5.74, 6) is -0.456. The van der Waals surface area contributed by atoms with E-state index >= 15 is 0 Å². The molecule has 0 fully saturated rings. The summed E-state index contributed by atoms with van der Waals surface area (Å²) in [5, 5.41) is 0. The van der Waals surface area contributed by atoms with Gasteiger partial charge in [-0.1, -0.05) is 0 Å². The van der Waals surface area contributed by atoms with Gasteiger partial charge < -0.3 is 9.72 Å². The summed E-state index contributed by atoms with van der Waals surface area (Å²) in [7, 11) is 1.30. The van der Waals surface area contributed by atoms with Gasteiger partial charge in [0.05, 0.1) is 18.2 Å². The third-order valence-electron chi connectivity index (χ3n) is 1.99. The Balaban J connectivity index is 2.78. The second kappa shape index (κ2) is 3.02. The number of ether oxygens (including phenoxy) is 1. The van der Waals surface area contributed by atoms with Gasteiger partial charge in [0.25, 0.3) is 0 Å². The monoisotopic (exact) mass is 192 g/mol. The molecule has 0 spiro atoms. The van der Waals surface area contributed by atoms with Gasteiger partial charge in [0.15, 0.2) is 0 Å². The highest BCUT2D eigenvalue weighted by molar-refractivity contribution is 5.96. The van der Waals surface area contributed by atoms with E-state index in [-0.39, 0.29) is 5.69 Å². The second-order valence-corrected chi connectivity index (χ2v) is 2.76. The van der Waals surface area contributed by atoms with Crippen LogP contribution in [0.25, 0.3) is 5.52 Å². The Kier molecular flexibility index (Phi) is 1.85. The van der Waals surface area contributed by atoms with Crippen molar-refractivity contribution < 1.29 is 9.53 Å². The molecule has 5 nitrogen and oxygen atoms in total. The smallest absolute Gasteiger partial charge is 0.340 e. The number of aromatic amines is 1. The SMILES string of the molecule is COC(=O)c1cccn2c(=O)[nH]cc12. The summed E-state index contributed by atoms with van der Waals surface area (Å²) in [6, 6.07) is 3.23. The van der Waals surface area contributed by atoms with Crippen LogP contribution in [0.2, 0.25) is 0 Å². The van der Waals surface area contributed by atoms with Gasteiger partial charge in [0, 0.05) is 12.4 Å². The quantitative estimate of drug-likeness (QED) is 0.666. The zero-order chi connectivity index (χ0) is 10.1. The molecule has 5 heteroatoms. The molecule has 0 saturated heterocycles. The first-order chi connectivity index (χ1) is 6.74. The molecule has 0 aliphatic carbocycles. The highest BCUT2D eigenvalue weighted by Crippen LogP contribution is 2.08. The van der Waals surface area contributed by atoms with Gasteiger partial charge in [-0.2, -0.15) is 0 Å². The van der Waals surface area contributed by atoms with Crippen LogP contribution >= 0.6 is 0 Å². The zero-order valence-corrected chi connectivity index (χ0v) is 7.48. The number of methoxy groups -OCH3 is 1. The lowest BCUT2D eigenvalue weighted by atomic mass is 10.2. The Labute approximate surface area is 78.9 Å². The molecule has 1 N–H and O–H groups in total. The number of nitrogens with zero attached hydrogens (tertiary/aromatic N) is 1. The topological polar surface area (TPSA) is 63.6 Å². The van der Waals surface area contributed by atoms with Crippen LogP contribution in [0.15, 0.2) is 29.3 Å². The van der Waals surface area contributed by atoms with Gasteiger partial charge in [-0.3, -0.25) is 4.40 Å². The third-order valence-corrected chi connectivity index (χ3v) is 1.99. The number of nitrogens with one attached hydrogen (secondary N) is 1. The molecule has 0 aliphatic rings.